The largest absolute Gasteiger partial charge is 0.478 e. The average Bonchev–Trinajstić information content (AvgIpc) is 2.99. The topological polar surface area (TPSA) is 27.7 Å². The number of benzene rings is 5. The van der Waals surface area contributed by atoms with E-state index >= 15 is 0 Å². The predicted octanol–water partition coefficient (Wildman–Crippen LogP) is 10.2. The lowest BCUT2D eigenvalue weighted by Crippen LogP contribution is -2.32. The van der Waals surface area contributed by atoms with Crippen LogP contribution in [0.5, 0.6) is 28.7 Å². The lowest BCUT2D eigenvalue weighted by atomic mass is 9.81. The molecule has 0 aliphatic heterocycles. The van der Waals surface area contributed by atoms with Crippen LogP contribution in [0.4, 0.5) is 0 Å². The highest BCUT2D eigenvalue weighted by Crippen LogP contribution is 2.42. The summed E-state index contributed by atoms with van der Waals surface area (Å²) in [6, 6.07) is 43.2. The van der Waals surface area contributed by atoms with Crippen LogP contribution in [-0.4, -0.2) is 0 Å². The van der Waals surface area contributed by atoms with Crippen LogP contribution in [0.3, 0.4) is 0 Å². The number of allylic oxidation sites excluding steroid dienone is 2. The van der Waals surface area contributed by atoms with Crippen molar-refractivity contribution >= 4 is 17.2 Å². The van der Waals surface area contributed by atoms with Gasteiger partial charge in [-0.15, -0.1) is 0 Å². The molecule has 1 aliphatic rings. The summed E-state index contributed by atoms with van der Waals surface area (Å²) in [5.41, 5.74) is 2.58. The van der Waals surface area contributed by atoms with Crippen molar-refractivity contribution in [1.82, 2.24) is 0 Å². The van der Waals surface area contributed by atoms with Gasteiger partial charge in [0.05, 0.1) is 0 Å². The Kier molecular flexibility index (Phi) is 7.39. The van der Waals surface area contributed by atoms with Gasteiger partial charge in [-0.05, 0) is 71.3 Å². The van der Waals surface area contributed by atoms with Crippen LogP contribution in [0.1, 0.15) is 17.5 Å². The molecular weight excluding hydrogens is 516 g/mol. The van der Waals surface area contributed by atoms with Crippen LogP contribution in [0.25, 0.3) is 5.57 Å². The molecule has 3 nitrogen and oxygen atoms in total. The summed E-state index contributed by atoms with van der Waals surface area (Å²) in [6.45, 7) is 0. The Morgan fingerprint density at radius 3 is 1.95 bits per heavy atom. The lowest BCUT2D eigenvalue weighted by Gasteiger charge is -2.35. The van der Waals surface area contributed by atoms with Gasteiger partial charge in [0.2, 0.25) is 0 Å². The summed E-state index contributed by atoms with van der Waals surface area (Å²) in [4.78, 5) is 0. The second-order valence-electron chi connectivity index (χ2n) is 9.53. The van der Waals surface area contributed by atoms with Crippen LogP contribution in [0.15, 0.2) is 152 Å². The standard InChI is InChI=1S/C36H27ClO3/c37-30-16-9-12-27(24-30)28-13-11-23-36(26-28,29-14-3-1-4-15-29)40-33-20-10-19-32(25-33)39-35-22-8-7-21-34(35)38-31-17-5-2-6-18-31/h1-25H,26H2. The predicted molar refractivity (Wildman–Crippen MR) is 161 cm³/mol. The van der Waals surface area contributed by atoms with Crippen molar-refractivity contribution in [2.45, 2.75) is 12.0 Å². The van der Waals surface area contributed by atoms with Crippen LogP contribution in [0.2, 0.25) is 5.02 Å². The molecule has 4 heteroatoms. The Balaban J connectivity index is 1.29. The average molecular weight is 543 g/mol. The number of hydrogen-bond acceptors (Lipinski definition) is 3. The van der Waals surface area contributed by atoms with E-state index in [4.69, 9.17) is 25.8 Å². The Hall–Kier alpha value is -4.73. The van der Waals surface area contributed by atoms with E-state index in [9.17, 15) is 0 Å². The quantitative estimate of drug-likeness (QED) is 0.195. The summed E-state index contributed by atoms with van der Waals surface area (Å²) < 4.78 is 19.2. The molecule has 0 bridgehead atoms. The van der Waals surface area contributed by atoms with Crippen molar-refractivity contribution in [2.24, 2.45) is 0 Å². The summed E-state index contributed by atoms with van der Waals surface area (Å²) in [5.74, 6) is 3.33. The molecule has 0 amide bonds. The molecule has 40 heavy (non-hydrogen) atoms. The first-order valence-electron chi connectivity index (χ1n) is 13.2. The molecule has 0 saturated heterocycles. The van der Waals surface area contributed by atoms with Crippen molar-refractivity contribution in [3.63, 3.8) is 0 Å². The Labute approximate surface area is 239 Å². The van der Waals surface area contributed by atoms with E-state index in [1.807, 2.05) is 115 Å². The highest BCUT2D eigenvalue weighted by molar-refractivity contribution is 6.30. The molecule has 0 spiro atoms. The SMILES string of the molecule is Clc1cccc(C2=CC=CC(Oc3cccc(Oc4ccccc4Oc4ccccc4)c3)(c3ccccc3)C2)c1. The van der Waals surface area contributed by atoms with Gasteiger partial charge in [-0.3, -0.25) is 0 Å². The van der Waals surface area contributed by atoms with Crippen LogP contribution >= 0.6 is 11.6 Å². The smallest absolute Gasteiger partial charge is 0.169 e. The third-order valence-electron chi connectivity index (χ3n) is 6.73. The minimum absolute atomic E-state index is 0.616. The third-order valence-corrected chi connectivity index (χ3v) is 6.96. The molecule has 5 aromatic carbocycles. The number of ether oxygens (including phenoxy) is 3. The van der Waals surface area contributed by atoms with Crippen LogP contribution in [0, 0.1) is 0 Å². The van der Waals surface area contributed by atoms with E-state index in [0.29, 0.717) is 34.4 Å². The van der Waals surface area contributed by atoms with E-state index in [0.717, 1.165) is 22.4 Å². The maximum atomic E-state index is 6.84. The third kappa shape index (κ3) is 5.80. The van der Waals surface area contributed by atoms with Gasteiger partial charge < -0.3 is 14.2 Å². The van der Waals surface area contributed by atoms with Gasteiger partial charge in [-0.25, -0.2) is 0 Å². The monoisotopic (exact) mass is 542 g/mol. The van der Waals surface area contributed by atoms with E-state index in [1.165, 1.54) is 0 Å². The molecule has 1 aliphatic carbocycles. The van der Waals surface area contributed by atoms with Gasteiger partial charge in [0.1, 0.15) is 17.2 Å². The number of halogens is 1. The normalized spacial score (nSPS) is 16.2. The molecule has 0 heterocycles. The molecule has 5 aromatic rings. The van der Waals surface area contributed by atoms with E-state index in [-0.39, 0.29) is 0 Å². The number of rotatable bonds is 8. The van der Waals surface area contributed by atoms with Crippen LogP contribution < -0.4 is 14.2 Å². The molecule has 1 atom stereocenters. The molecule has 0 aromatic heterocycles. The first kappa shape index (κ1) is 25.5. The van der Waals surface area contributed by atoms with Crippen LogP contribution in [-0.2, 0) is 5.60 Å². The van der Waals surface area contributed by atoms with E-state index in [1.54, 1.807) is 0 Å². The molecular formula is C36H27ClO3. The van der Waals surface area contributed by atoms with Gasteiger partial charge in [-0.2, -0.15) is 0 Å². The van der Waals surface area contributed by atoms with Crippen molar-refractivity contribution < 1.29 is 14.2 Å². The maximum Gasteiger partial charge on any atom is 0.169 e. The summed E-state index contributed by atoms with van der Waals surface area (Å²) in [7, 11) is 0. The zero-order valence-corrected chi connectivity index (χ0v) is 22.5. The van der Waals surface area contributed by atoms with Gasteiger partial charge >= 0.3 is 0 Å². The summed E-state index contributed by atoms with van der Waals surface area (Å²) >= 11 is 6.32. The second-order valence-corrected chi connectivity index (χ2v) is 9.97. The molecule has 0 fully saturated rings. The zero-order chi connectivity index (χ0) is 27.2. The Morgan fingerprint density at radius 1 is 0.575 bits per heavy atom. The van der Waals surface area contributed by atoms with E-state index in [2.05, 4.69) is 36.4 Å². The first-order chi connectivity index (χ1) is 19.7. The second kappa shape index (κ2) is 11.6. The van der Waals surface area contributed by atoms with Crippen molar-refractivity contribution in [1.29, 1.82) is 0 Å². The highest BCUT2D eigenvalue weighted by Gasteiger charge is 2.35. The molecule has 0 saturated carbocycles. The van der Waals surface area contributed by atoms with Crippen molar-refractivity contribution in [2.75, 3.05) is 0 Å². The number of para-hydroxylation sites is 3. The van der Waals surface area contributed by atoms with Gasteiger partial charge in [0.25, 0.3) is 0 Å². The molecule has 6 rings (SSSR count). The first-order valence-corrected chi connectivity index (χ1v) is 13.5. The fraction of sp³-hybridized carbons (Fsp3) is 0.0556. The summed E-state index contributed by atoms with van der Waals surface area (Å²) in [6.07, 6.45) is 6.95. The minimum Gasteiger partial charge on any atom is -0.478 e. The molecule has 0 N–H and O–H groups in total. The molecule has 0 radical (unpaired) electrons. The van der Waals surface area contributed by atoms with Crippen molar-refractivity contribution in [3.05, 3.63) is 168 Å². The van der Waals surface area contributed by atoms with Crippen molar-refractivity contribution in [3.8, 4) is 28.7 Å². The number of hydrogen-bond donors (Lipinski definition) is 0. The lowest BCUT2D eigenvalue weighted by molar-refractivity contribution is 0.124. The fourth-order valence-corrected chi connectivity index (χ4v) is 5.02. The van der Waals surface area contributed by atoms with E-state index < -0.39 is 5.60 Å². The Morgan fingerprint density at radius 2 is 1.20 bits per heavy atom. The fourth-order valence-electron chi connectivity index (χ4n) is 4.83. The maximum absolute atomic E-state index is 6.84. The summed E-state index contributed by atoms with van der Waals surface area (Å²) in [5, 5.41) is 0.709. The Bertz CT molecular complexity index is 1660. The van der Waals surface area contributed by atoms with Gasteiger partial charge in [-0.1, -0.05) is 103 Å². The molecule has 196 valence electrons. The highest BCUT2D eigenvalue weighted by atomic mass is 35.5. The zero-order valence-electron chi connectivity index (χ0n) is 21.7. The van der Waals surface area contributed by atoms with Gasteiger partial charge in [0, 0.05) is 17.5 Å². The molecule has 1 unspecified atom stereocenters. The minimum atomic E-state index is -0.708. The van der Waals surface area contributed by atoms with Gasteiger partial charge in [0.15, 0.2) is 17.1 Å².